The third kappa shape index (κ3) is 4.12. The van der Waals surface area contributed by atoms with Crippen molar-refractivity contribution in [2.24, 2.45) is 5.73 Å². The summed E-state index contributed by atoms with van der Waals surface area (Å²) in [7, 11) is 0. The molecule has 21 heavy (non-hydrogen) atoms. The highest BCUT2D eigenvalue weighted by atomic mass is 79.9. The Labute approximate surface area is 132 Å². The first-order valence-electron chi connectivity index (χ1n) is 6.70. The van der Waals surface area contributed by atoms with E-state index in [0.29, 0.717) is 12.0 Å². The summed E-state index contributed by atoms with van der Waals surface area (Å²) >= 11 is 3.40. The number of nitrogens with two attached hydrogens (primary N) is 1. The lowest BCUT2D eigenvalue weighted by atomic mass is 9.96. The van der Waals surface area contributed by atoms with Gasteiger partial charge >= 0.3 is 0 Å². The van der Waals surface area contributed by atoms with Crippen LogP contribution in [-0.4, -0.2) is 11.0 Å². The molecule has 110 valence electrons. The van der Waals surface area contributed by atoms with Crippen LogP contribution in [0.15, 0.2) is 46.9 Å². The largest absolute Gasteiger partial charge is 0.327 e. The highest BCUT2D eigenvalue weighted by Gasteiger charge is 2.15. The summed E-state index contributed by atoms with van der Waals surface area (Å²) in [5.74, 6) is 0. The molecule has 0 aromatic heterocycles. The molecule has 2 aromatic carbocycles. The van der Waals surface area contributed by atoms with Crippen molar-refractivity contribution in [3.05, 3.63) is 73.7 Å². The second kappa shape index (κ2) is 6.83. The van der Waals surface area contributed by atoms with E-state index in [1.54, 1.807) is 13.0 Å². The number of nitro benzene ring substituents is 1. The Balaban J connectivity index is 2.09. The van der Waals surface area contributed by atoms with Crippen molar-refractivity contribution in [3.63, 3.8) is 0 Å². The molecule has 0 aliphatic carbocycles. The van der Waals surface area contributed by atoms with Crippen LogP contribution in [0.4, 0.5) is 5.69 Å². The van der Waals surface area contributed by atoms with Crippen LogP contribution >= 0.6 is 15.9 Å². The van der Waals surface area contributed by atoms with Crippen molar-refractivity contribution in [1.82, 2.24) is 0 Å². The number of benzene rings is 2. The van der Waals surface area contributed by atoms with E-state index in [1.807, 2.05) is 30.3 Å². The van der Waals surface area contributed by atoms with Crippen molar-refractivity contribution < 1.29 is 4.92 Å². The maximum atomic E-state index is 11.0. The van der Waals surface area contributed by atoms with Crippen LogP contribution in [0.1, 0.15) is 16.7 Å². The van der Waals surface area contributed by atoms with Crippen LogP contribution < -0.4 is 5.73 Å². The van der Waals surface area contributed by atoms with Crippen LogP contribution in [0.5, 0.6) is 0 Å². The van der Waals surface area contributed by atoms with Gasteiger partial charge in [0, 0.05) is 22.1 Å². The summed E-state index contributed by atoms with van der Waals surface area (Å²) in [5, 5.41) is 11.0. The third-order valence-corrected chi connectivity index (χ3v) is 4.04. The van der Waals surface area contributed by atoms with Gasteiger partial charge in [0.25, 0.3) is 5.69 Å². The zero-order chi connectivity index (χ0) is 15.4. The van der Waals surface area contributed by atoms with Gasteiger partial charge in [-0.1, -0.05) is 40.2 Å². The van der Waals surface area contributed by atoms with Crippen molar-refractivity contribution in [1.29, 1.82) is 0 Å². The summed E-state index contributed by atoms with van der Waals surface area (Å²) < 4.78 is 1.04. The first-order valence-corrected chi connectivity index (χ1v) is 7.49. The molecule has 0 saturated carbocycles. The average molecular weight is 349 g/mol. The predicted molar refractivity (Wildman–Crippen MR) is 87.4 cm³/mol. The molecule has 4 nitrogen and oxygen atoms in total. The van der Waals surface area contributed by atoms with Gasteiger partial charge in [0.2, 0.25) is 0 Å². The molecule has 1 atom stereocenters. The highest BCUT2D eigenvalue weighted by molar-refractivity contribution is 9.10. The van der Waals surface area contributed by atoms with Crippen LogP contribution in [0, 0.1) is 17.0 Å². The van der Waals surface area contributed by atoms with E-state index < -0.39 is 0 Å². The fourth-order valence-corrected chi connectivity index (χ4v) is 2.63. The molecule has 2 rings (SSSR count). The number of nitro groups is 1. The molecular formula is C16H17BrN2O2. The van der Waals surface area contributed by atoms with E-state index >= 15 is 0 Å². The molecule has 2 N–H and O–H groups in total. The van der Waals surface area contributed by atoms with Gasteiger partial charge < -0.3 is 5.73 Å². The molecule has 0 amide bonds. The minimum atomic E-state index is -0.348. The van der Waals surface area contributed by atoms with E-state index in [2.05, 4.69) is 15.9 Å². The number of hydrogen-bond acceptors (Lipinski definition) is 3. The normalized spacial score (nSPS) is 12.1. The molecule has 0 spiro atoms. The van der Waals surface area contributed by atoms with Gasteiger partial charge in [0.05, 0.1) is 4.92 Å². The van der Waals surface area contributed by atoms with Crippen LogP contribution in [0.2, 0.25) is 0 Å². The lowest BCUT2D eigenvalue weighted by molar-refractivity contribution is -0.385. The molecule has 0 fully saturated rings. The van der Waals surface area contributed by atoms with Gasteiger partial charge in [0.1, 0.15) is 0 Å². The second-order valence-corrected chi connectivity index (χ2v) is 6.03. The van der Waals surface area contributed by atoms with Crippen LogP contribution in [0.3, 0.4) is 0 Å². The summed E-state index contributed by atoms with van der Waals surface area (Å²) in [5.41, 5.74) is 9.15. The number of halogens is 1. The van der Waals surface area contributed by atoms with Crippen molar-refractivity contribution in [2.75, 3.05) is 0 Å². The Hall–Kier alpha value is -1.72. The molecule has 0 saturated heterocycles. The lowest BCUT2D eigenvalue weighted by Crippen LogP contribution is -2.26. The minimum absolute atomic E-state index is 0.0631. The van der Waals surface area contributed by atoms with E-state index in [9.17, 15) is 10.1 Å². The summed E-state index contributed by atoms with van der Waals surface area (Å²) in [6.07, 6.45) is 1.37. The Morgan fingerprint density at radius 3 is 2.48 bits per heavy atom. The Bertz CT molecular complexity index is 641. The summed E-state index contributed by atoms with van der Waals surface area (Å²) in [6.45, 7) is 1.78. The minimum Gasteiger partial charge on any atom is -0.327 e. The molecular weight excluding hydrogens is 332 g/mol. The van der Waals surface area contributed by atoms with Gasteiger partial charge in [0.15, 0.2) is 0 Å². The van der Waals surface area contributed by atoms with Gasteiger partial charge in [-0.25, -0.2) is 0 Å². The van der Waals surface area contributed by atoms with Gasteiger partial charge in [-0.3, -0.25) is 10.1 Å². The fraction of sp³-hybridized carbons (Fsp3) is 0.250. The first-order chi connectivity index (χ1) is 9.97. The Kier molecular flexibility index (Phi) is 5.09. The van der Waals surface area contributed by atoms with Crippen molar-refractivity contribution in [2.45, 2.75) is 25.8 Å². The van der Waals surface area contributed by atoms with Crippen molar-refractivity contribution in [3.8, 4) is 0 Å². The third-order valence-electron chi connectivity index (χ3n) is 3.51. The fourth-order valence-electron chi connectivity index (χ4n) is 2.37. The SMILES string of the molecule is Cc1c(CC(N)Cc2ccc(Br)cc2)cccc1[N+](=O)[O-]. The molecule has 0 bridgehead atoms. The van der Waals surface area contributed by atoms with Crippen LogP contribution in [0.25, 0.3) is 0 Å². The lowest BCUT2D eigenvalue weighted by Gasteiger charge is -2.13. The molecule has 2 aromatic rings. The maximum Gasteiger partial charge on any atom is 0.272 e. The van der Waals surface area contributed by atoms with Crippen LogP contribution in [-0.2, 0) is 12.8 Å². The van der Waals surface area contributed by atoms with Crippen molar-refractivity contribution >= 4 is 21.6 Å². The molecule has 1 unspecified atom stereocenters. The topological polar surface area (TPSA) is 69.2 Å². The molecule has 0 heterocycles. The standard InChI is InChI=1S/C16H17BrN2O2/c1-11-13(3-2-4-16(11)19(20)21)10-15(18)9-12-5-7-14(17)8-6-12/h2-8,15H,9-10,18H2,1H3. The molecule has 5 heteroatoms. The smallest absolute Gasteiger partial charge is 0.272 e. The second-order valence-electron chi connectivity index (χ2n) is 5.11. The summed E-state index contributed by atoms with van der Waals surface area (Å²) in [6, 6.07) is 13.1. The zero-order valence-electron chi connectivity index (χ0n) is 11.8. The van der Waals surface area contributed by atoms with E-state index in [1.165, 1.54) is 6.07 Å². The van der Waals surface area contributed by atoms with Gasteiger partial charge in [-0.15, -0.1) is 0 Å². The van der Waals surface area contributed by atoms with E-state index in [0.717, 1.165) is 22.0 Å². The first kappa shape index (κ1) is 15.7. The number of nitrogens with zero attached hydrogens (tertiary/aromatic N) is 1. The number of hydrogen-bond donors (Lipinski definition) is 1. The van der Waals surface area contributed by atoms with E-state index in [4.69, 9.17) is 5.73 Å². The monoisotopic (exact) mass is 348 g/mol. The van der Waals surface area contributed by atoms with E-state index in [-0.39, 0.29) is 16.7 Å². The Morgan fingerprint density at radius 1 is 1.19 bits per heavy atom. The quantitative estimate of drug-likeness (QED) is 0.660. The zero-order valence-corrected chi connectivity index (χ0v) is 13.3. The highest BCUT2D eigenvalue weighted by Crippen LogP contribution is 2.22. The predicted octanol–water partition coefficient (Wildman–Crippen LogP) is 3.78. The maximum absolute atomic E-state index is 11.0. The molecule has 0 aliphatic rings. The Morgan fingerprint density at radius 2 is 1.86 bits per heavy atom. The molecule has 0 radical (unpaired) electrons. The summed E-state index contributed by atoms with van der Waals surface area (Å²) in [4.78, 5) is 10.6. The van der Waals surface area contributed by atoms with Gasteiger partial charge in [-0.05, 0) is 43.0 Å². The average Bonchev–Trinajstić information content (AvgIpc) is 2.43. The van der Waals surface area contributed by atoms with Gasteiger partial charge in [-0.2, -0.15) is 0 Å². The molecule has 0 aliphatic heterocycles. The number of rotatable bonds is 5.